The molecule has 0 amide bonds. The van der Waals surface area contributed by atoms with Gasteiger partial charge in [0.1, 0.15) is 5.82 Å². The van der Waals surface area contributed by atoms with Gasteiger partial charge in [-0.15, -0.1) is 0 Å². The van der Waals surface area contributed by atoms with Crippen molar-refractivity contribution in [2.45, 2.75) is 37.8 Å². The Labute approximate surface area is 109 Å². The molecule has 2 rings (SSSR count). The van der Waals surface area contributed by atoms with Crippen LogP contribution in [0.3, 0.4) is 0 Å². The smallest absolute Gasteiger partial charge is 0.129 e. The van der Waals surface area contributed by atoms with Gasteiger partial charge < -0.3 is 10.5 Å². The lowest BCUT2D eigenvalue weighted by Crippen LogP contribution is -2.16. The second-order valence-electron chi connectivity index (χ2n) is 4.45. The Morgan fingerprint density at radius 1 is 1.53 bits per heavy atom. The summed E-state index contributed by atoms with van der Waals surface area (Å²) in [6, 6.07) is 4.68. The first-order chi connectivity index (χ1) is 8.18. The summed E-state index contributed by atoms with van der Waals surface area (Å²) in [5, 5.41) is 0. The van der Waals surface area contributed by atoms with E-state index >= 15 is 0 Å². The average Bonchev–Trinajstić information content (AvgIpc) is 2.79. The topological polar surface area (TPSA) is 35.2 Å². The van der Waals surface area contributed by atoms with E-state index in [-0.39, 0.29) is 11.9 Å². The zero-order valence-corrected chi connectivity index (χ0v) is 11.2. The van der Waals surface area contributed by atoms with E-state index in [1.165, 1.54) is 6.07 Å². The molecule has 1 aliphatic heterocycles. The number of benzene rings is 1. The van der Waals surface area contributed by atoms with Crippen molar-refractivity contribution in [3.05, 3.63) is 34.1 Å². The number of nitrogens with two attached hydrogens (primary N) is 1. The lowest BCUT2D eigenvalue weighted by Gasteiger charge is -2.16. The van der Waals surface area contributed by atoms with Gasteiger partial charge in [0.25, 0.3) is 0 Å². The molecule has 2 atom stereocenters. The molecule has 2 nitrogen and oxygen atoms in total. The van der Waals surface area contributed by atoms with Crippen LogP contribution in [0.25, 0.3) is 0 Å². The normalized spacial score (nSPS) is 21.7. The third-order valence-corrected chi connectivity index (χ3v) is 3.89. The van der Waals surface area contributed by atoms with Gasteiger partial charge in [-0.2, -0.15) is 0 Å². The third-order valence-electron chi connectivity index (χ3n) is 3.19. The van der Waals surface area contributed by atoms with Crippen molar-refractivity contribution < 1.29 is 9.13 Å². The molecule has 1 aromatic rings. The van der Waals surface area contributed by atoms with Crippen LogP contribution in [0.4, 0.5) is 4.39 Å². The highest BCUT2D eigenvalue weighted by Gasteiger charge is 2.19. The highest BCUT2D eigenvalue weighted by atomic mass is 79.9. The van der Waals surface area contributed by atoms with Crippen molar-refractivity contribution in [2.24, 2.45) is 5.73 Å². The summed E-state index contributed by atoms with van der Waals surface area (Å²) in [5.41, 5.74) is 6.62. The first-order valence-electron chi connectivity index (χ1n) is 5.99. The van der Waals surface area contributed by atoms with E-state index in [1.54, 1.807) is 6.07 Å². The number of ether oxygens (including phenoxy) is 1. The van der Waals surface area contributed by atoms with E-state index in [0.29, 0.717) is 11.7 Å². The van der Waals surface area contributed by atoms with Crippen molar-refractivity contribution in [3.63, 3.8) is 0 Å². The van der Waals surface area contributed by atoms with E-state index in [0.717, 1.165) is 36.8 Å². The molecule has 1 heterocycles. The van der Waals surface area contributed by atoms with Crippen LogP contribution in [0, 0.1) is 5.82 Å². The third kappa shape index (κ3) is 3.27. The Kier molecular flexibility index (Phi) is 4.54. The van der Waals surface area contributed by atoms with Gasteiger partial charge >= 0.3 is 0 Å². The Hall–Kier alpha value is -0.450. The summed E-state index contributed by atoms with van der Waals surface area (Å²) in [6.45, 7) is 0.850. The van der Waals surface area contributed by atoms with Crippen LogP contribution in [-0.2, 0) is 4.74 Å². The highest BCUT2D eigenvalue weighted by molar-refractivity contribution is 9.10. The quantitative estimate of drug-likeness (QED) is 0.923. The summed E-state index contributed by atoms with van der Waals surface area (Å²) < 4.78 is 19.9. The zero-order chi connectivity index (χ0) is 12.3. The molecule has 94 valence electrons. The largest absolute Gasteiger partial charge is 0.378 e. The van der Waals surface area contributed by atoms with E-state index < -0.39 is 0 Å². The van der Waals surface area contributed by atoms with E-state index in [9.17, 15) is 4.39 Å². The van der Waals surface area contributed by atoms with Crippen molar-refractivity contribution in [1.82, 2.24) is 0 Å². The summed E-state index contributed by atoms with van der Waals surface area (Å²) >= 11 is 3.35. The minimum absolute atomic E-state index is 0.237. The van der Waals surface area contributed by atoms with Gasteiger partial charge in [0, 0.05) is 22.7 Å². The van der Waals surface area contributed by atoms with Gasteiger partial charge in [-0.05, 0) is 37.8 Å². The number of hydrogen-bond donors (Lipinski definition) is 1. The lowest BCUT2D eigenvalue weighted by atomic mass is 9.99. The van der Waals surface area contributed by atoms with Crippen molar-refractivity contribution in [2.75, 3.05) is 6.61 Å². The maximum Gasteiger partial charge on any atom is 0.129 e. The molecule has 0 radical (unpaired) electrons. The van der Waals surface area contributed by atoms with Gasteiger partial charge in [-0.3, -0.25) is 0 Å². The van der Waals surface area contributed by atoms with Crippen LogP contribution < -0.4 is 5.73 Å². The van der Waals surface area contributed by atoms with E-state index in [1.807, 2.05) is 6.07 Å². The molecule has 17 heavy (non-hydrogen) atoms. The molecule has 4 heteroatoms. The second-order valence-corrected chi connectivity index (χ2v) is 5.31. The fourth-order valence-electron chi connectivity index (χ4n) is 2.25. The molecule has 1 fully saturated rings. The summed E-state index contributed by atoms with van der Waals surface area (Å²) in [5.74, 6) is -0.237. The molecule has 0 spiro atoms. The number of hydrogen-bond acceptors (Lipinski definition) is 2. The second kappa shape index (κ2) is 5.94. The molecule has 1 saturated heterocycles. The minimum atomic E-state index is -0.269. The Morgan fingerprint density at radius 3 is 3.00 bits per heavy atom. The van der Waals surface area contributed by atoms with Crippen LogP contribution >= 0.6 is 15.9 Å². The van der Waals surface area contributed by atoms with Crippen LogP contribution in [0.5, 0.6) is 0 Å². The van der Waals surface area contributed by atoms with Crippen LogP contribution in [-0.4, -0.2) is 12.7 Å². The van der Waals surface area contributed by atoms with Gasteiger partial charge in [0.05, 0.1) is 6.10 Å². The number of halogens is 2. The average molecular weight is 302 g/mol. The van der Waals surface area contributed by atoms with Gasteiger partial charge in [0.15, 0.2) is 0 Å². The molecule has 0 aromatic heterocycles. The monoisotopic (exact) mass is 301 g/mol. The molecule has 1 aliphatic rings. The summed E-state index contributed by atoms with van der Waals surface area (Å²) in [4.78, 5) is 0. The predicted molar refractivity (Wildman–Crippen MR) is 69.2 cm³/mol. The van der Waals surface area contributed by atoms with Crippen molar-refractivity contribution in [3.8, 4) is 0 Å². The summed E-state index contributed by atoms with van der Waals surface area (Å²) in [6.07, 6.45) is 4.20. The van der Waals surface area contributed by atoms with Gasteiger partial charge in [-0.1, -0.05) is 22.0 Å². The summed E-state index contributed by atoms with van der Waals surface area (Å²) in [7, 11) is 0. The highest BCUT2D eigenvalue weighted by Crippen LogP contribution is 2.29. The molecule has 0 saturated carbocycles. The Bertz CT molecular complexity index is 359. The standard InChI is InChI=1S/C13H17BrFNO/c14-10-4-1-5-11(15)13(10)12(16)7-6-9-3-2-8-17-9/h1,4-5,9,12H,2-3,6-8,16H2. The SMILES string of the molecule is NC(CCC1CCCO1)c1c(F)cccc1Br. The molecular formula is C13H17BrFNO. The maximum atomic E-state index is 13.7. The predicted octanol–water partition coefficient (Wildman–Crippen LogP) is 3.55. The molecule has 0 bridgehead atoms. The van der Waals surface area contributed by atoms with Crippen LogP contribution in [0.15, 0.2) is 22.7 Å². The zero-order valence-electron chi connectivity index (χ0n) is 9.66. The molecule has 2 N–H and O–H groups in total. The fourth-order valence-corrected chi connectivity index (χ4v) is 2.88. The fraction of sp³-hybridized carbons (Fsp3) is 0.538. The van der Waals surface area contributed by atoms with Crippen molar-refractivity contribution >= 4 is 15.9 Å². The Balaban J connectivity index is 1.96. The maximum absolute atomic E-state index is 13.7. The first-order valence-corrected chi connectivity index (χ1v) is 6.79. The van der Waals surface area contributed by atoms with Gasteiger partial charge in [-0.25, -0.2) is 4.39 Å². The molecule has 2 unspecified atom stereocenters. The van der Waals surface area contributed by atoms with Gasteiger partial charge in [0.2, 0.25) is 0 Å². The lowest BCUT2D eigenvalue weighted by molar-refractivity contribution is 0.101. The number of rotatable bonds is 4. The molecular weight excluding hydrogens is 285 g/mol. The van der Waals surface area contributed by atoms with E-state index in [4.69, 9.17) is 10.5 Å². The first kappa shape index (κ1) is 13.0. The van der Waals surface area contributed by atoms with E-state index in [2.05, 4.69) is 15.9 Å². The van der Waals surface area contributed by atoms with Crippen molar-refractivity contribution in [1.29, 1.82) is 0 Å². The molecule has 0 aliphatic carbocycles. The van der Waals surface area contributed by atoms with Crippen LogP contribution in [0.2, 0.25) is 0 Å². The minimum Gasteiger partial charge on any atom is -0.378 e. The van der Waals surface area contributed by atoms with Crippen LogP contribution in [0.1, 0.15) is 37.3 Å². The Morgan fingerprint density at radius 2 is 2.35 bits per heavy atom. The molecule has 1 aromatic carbocycles.